The lowest BCUT2D eigenvalue weighted by molar-refractivity contribution is 0.101. The SMILES string of the molecule is N#Cc1c(NC(=O)c2cc(-c3ccc4c(c3)OCO4)on2)sc2c1CCCC2. The Bertz CT molecular complexity index is 1130. The molecular formula is C20H15N3O4S. The average Bonchev–Trinajstić information content (AvgIpc) is 3.44. The van der Waals surface area contributed by atoms with Crippen LogP contribution in [0.5, 0.6) is 11.5 Å². The van der Waals surface area contributed by atoms with Crippen LogP contribution in [0.1, 0.15) is 39.3 Å². The number of hydrogen-bond donors (Lipinski definition) is 1. The van der Waals surface area contributed by atoms with E-state index in [0.29, 0.717) is 27.8 Å². The molecule has 1 aliphatic heterocycles. The molecule has 1 aromatic carbocycles. The van der Waals surface area contributed by atoms with Gasteiger partial charge in [-0.2, -0.15) is 5.26 Å². The first-order chi connectivity index (χ1) is 13.7. The second kappa shape index (κ2) is 6.69. The Hall–Kier alpha value is -3.31. The molecule has 3 heterocycles. The van der Waals surface area contributed by atoms with E-state index in [1.54, 1.807) is 18.2 Å². The van der Waals surface area contributed by atoms with Gasteiger partial charge in [0.2, 0.25) is 6.79 Å². The van der Waals surface area contributed by atoms with Gasteiger partial charge in [0.1, 0.15) is 11.1 Å². The quantitative estimate of drug-likeness (QED) is 0.718. The van der Waals surface area contributed by atoms with Crippen LogP contribution in [0.15, 0.2) is 28.8 Å². The van der Waals surface area contributed by atoms with Crippen LogP contribution in [0.4, 0.5) is 5.00 Å². The fourth-order valence-corrected chi connectivity index (χ4v) is 4.74. The maximum absolute atomic E-state index is 12.6. The van der Waals surface area contributed by atoms with Crippen LogP contribution in [-0.4, -0.2) is 17.9 Å². The van der Waals surface area contributed by atoms with Gasteiger partial charge in [0, 0.05) is 16.5 Å². The van der Waals surface area contributed by atoms with Gasteiger partial charge in [-0.1, -0.05) is 5.16 Å². The molecule has 28 heavy (non-hydrogen) atoms. The topological polar surface area (TPSA) is 97.4 Å². The van der Waals surface area contributed by atoms with Crippen molar-refractivity contribution in [3.8, 4) is 28.9 Å². The van der Waals surface area contributed by atoms with Crippen molar-refractivity contribution in [3.05, 3.63) is 46.0 Å². The van der Waals surface area contributed by atoms with E-state index in [4.69, 9.17) is 14.0 Å². The van der Waals surface area contributed by atoms with E-state index in [-0.39, 0.29) is 12.5 Å². The van der Waals surface area contributed by atoms with Crippen molar-refractivity contribution in [2.24, 2.45) is 0 Å². The van der Waals surface area contributed by atoms with E-state index >= 15 is 0 Å². The molecule has 0 bridgehead atoms. The van der Waals surface area contributed by atoms with E-state index in [1.807, 2.05) is 6.07 Å². The van der Waals surface area contributed by atoms with Crippen LogP contribution in [-0.2, 0) is 12.8 Å². The van der Waals surface area contributed by atoms with Crippen molar-refractivity contribution < 1.29 is 18.8 Å². The predicted octanol–water partition coefficient (Wildman–Crippen LogP) is 4.13. The number of anilines is 1. The number of carbonyl (C=O) groups excluding carboxylic acids is 1. The van der Waals surface area contributed by atoms with E-state index in [0.717, 1.165) is 36.8 Å². The van der Waals surface area contributed by atoms with Crippen LogP contribution >= 0.6 is 11.3 Å². The number of aryl methyl sites for hydroxylation is 1. The highest BCUT2D eigenvalue weighted by atomic mass is 32.1. The lowest BCUT2D eigenvalue weighted by Gasteiger charge is -2.09. The van der Waals surface area contributed by atoms with Crippen LogP contribution < -0.4 is 14.8 Å². The third kappa shape index (κ3) is 2.80. The third-order valence-corrected chi connectivity index (χ3v) is 6.12. The van der Waals surface area contributed by atoms with Crippen LogP contribution in [0.25, 0.3) is 11.3 Å². The lowest BCUT2D eigenvalue weighted by atomic mass is 9.96. The molecule has 8 heteroatoms. The van der Waals surface area contributed by atoms with Crippen molar-refractivity contribution >= 4 is 22.2 Å². The van der Waals surface area contributed by atoms with Crippen molar-refractivity contribution in [1.29, 1.82) is 5.26 Å². The van der Waals surface area contributed by atoms with E-state index in [9.17, 15) is 10.1 Å². The molecule has 2 aromatic heterocycles. The van der Waals surface area contributed by atoms with Crippen molar-refractivity contribution in [2.45, 2.75) is 25.7 Å². The van der Waals surface area contributed by atoms with E-state index in [2.05, 4.69) is 16.5 Å². The highest BCUT2D eigenvalue weighted by molar-refractivity contribution is 7.16. The number of amides is 1. The molecule has 140 valence electrons. The normalized spacial score (nSPS) is 14.4. The Morgan fingerprint density at radius 3 is 2.93 bits per heavy atom. The van der Waals surface area contributed by atoms with Gasteiger partial charge in [-0.05, 0) is 49.4 Å². The number of ether oxygens (including phenoxy) is 2. The molecule has 0 atom stereocenters. The molecule has 0 radical (unpaired) electrons. The minimum atomic E-state index is -0.397. The number of thiophene rings is 1. The first kappa shape index (κ1) is 16.8. The minimum absolute atomic E-state index is 0.155. The van der Waals surface area contributed by atoms with Gasteiger partial charge in [-0.25, -0.2) is 0 Å². The predicted molar refractivity (Wildman–Crippen MR) is 102 cm³/mol. The fourth-order valence-electron chi connectivity index (χ4n) is 3.51. The second-order valence-electron chi connectivity index (χ2n) is 6.63. The molecule has 2 aliphatic rings. The van der Waals surface area contributed by atoms with E-state index in [1.165, 1.54) is 16.2 Å². The van der Waals surface area contributed by atoms with Crippen LogP contribution in [0.2, 0.25) is 0 Å². The summed E-state index contributed by atoms with van der Waals surface area (Å²) in [5.74, 6) is 1.36. The zero-order valence-electron chi connectivity index (χ0n) is 14.8. The Morgan fingerprint density at radius 1 is 1.18 bits per heavy atom. The van der Waals surface area contributed by atoms with Gasteiger partial charge in [0.25, 0.3) is 5.91 Å². The number of nitrogens with zero attached hydrogens (tertiary/aromatic N) is 2. The van der Waals surface area contributed by atoms with Gasteiger partial charge < -0.3 is 19.3 Å². The number of carbonyl (C=O) groups is 1. The summed E-state index contributed by atoms with van der Waals surface area (Å²) in [5, 5.41) is 16.8. The zero-order valence-corrected chi connectivity index (χ0v) is 15.6. The highest BCUT2D eigenvalue weighted by Crippen LogP contribution is 2.38. The van der Waals surface area contributed by atoms with Crippen molar-refractivity contribution in [2.75, 3.05) is 12.1 Å². The Kier molecular flexibility index (Phi) is 4.02. The number of fused-ring (bicyclic) bond motifs is 2. The van der Waals surface area contributed by atoms with Crippen LogP contribution in [0.3, 0.4) is 0 Å². The summed E-state index contributed by atoms with van der Waals surface area (Å²) in [6.45, 7) is 0.189. The molecule has 1 aliphatic carbocycles. The number of aromatic nitrogens is 1. The van der Waals surface area contributed by atoms with E-state index < -0.39 is 5.91 Å². The number of nitrogens with one attached hydrogen (secondary N) is 1. The smallest absolute Gasteiger partial charge is 0.278 e. The lowest BCUT2D eigenvalue weighted by Crippen LogP contribution is -2.12. The molecule has 0 saturated heterocycles. The Balaban J connectivity index is 1.39. The maximum Gasteiger partial charge on any atom is 0.278 e. The summed E-state index contributed by atoms with van der Waals surface area (Å²) in [6, 6.07) is 9.20. The minimum Gasteiger partial charge on any atom is -0.454 e. The molecular weight excluding hydrogens is 378 g/mol. The molecule has 1 N–H and O–H groups in total. The third-order valence-electron chi connectivity index (χ3n) is 4.91. The number of nitriles is 1. The van der Waals surface area contributed by atoms with Gasteiger partial charge >= 0.3 is 0 Å². The molecule has 1 amide bonds. The maximum atomic E-state index is 12.6. The fraction of sp³-hybridized carbons (Fsp3) is 0.250. The Labute approximate surface area is 164 Å². The summed E-state index contributed by atoms with van der Waals surface area (Å²) < 4.78 is 16.0. The summed E-state index contributed by atoms with van der Waals surface area (Å²) in [4.78, 5) is 13.8. The molecule has 5 rings (SSSR count). The molecule has 7 nitrogen and oxygen atoms in total. The molecule has 0 saturated carbocycles. The zero-order chi connectivity index (χ0) is 19.1. The van der Waals surface area contributed by atoms with Gasteiger partial charge in [0.05, 0.1) is 5.56 Å². The number of rotatable bonds is 3. The molecule has 0 spiro atoms. The van der Waals surface area contributed by atoms with Gasteiger partial charge in [-0.3, -0.25) is 4.79 Å². The highest BCUT2D eigenvalue weighted by Gasteiger charge is 2.23. The number of hydrogen-bond acceptors (Lipinski definition) is 7. The molecule has 0 fully saturated rings. The second-order valence-corrected chi connectivity index (χ2v) is 7.73. The number of benzene rings is 1. The van der Waals surface area contributed by atoms with Crippen molar-refractivity contribution in [1.82, 2.24) is 5.16 Å². The summed E-state index contributed by atoms with van der Waals surface area (Å²) in [6.07, 6.45) is 4.05. The first-order valence-corrected chi connectivity index (χ1v) is 9.77. The standard InChI is InChI=1S/C20H15N3O4S/c21-9-13-12-3-1-2-4-18(12)28-20(13)22-19(24)14-8-16(27-23-14)11-5-6-15-17(7-11)26-10-25-15/h5-8H,1-4,10H2,(H,22,24). The molecule has 0 unspecified atom stereocenters. The largest absolute Gasteiger partial charge is 0.454 e. The monoisotopic (exact) mass is 393 g/mol. The Morgan fingerprint density at radius 2 is 2.04 bits per heavy atom. The van der Waals surface area contributed by atoms with Gasteiger partial charge in [-0.15, -0.1) is 11.3 Å². The summed E-state index contributed by atoms with van der Waals surface area (Å²) >= 11 is 1.48. The molecule has 3 aromatic rings. The van der Waals surface area contributed by atoms with Gasteiger partial charge in [0.15, 0.2) is 23.0 Å². The summed E-state index contributed by atoms with van der Waals surface area (Å²) in [5.41, 5.74) is 2.55. The first-order valence-electron chi connectivity index (χ1n) is 8.95. The summed E-state index contributed by atoms with van der Waals surface area (Å²) in [7, 11) is 0. The van der Waals surface area contributed by atoms with Crippen molar-refractivity contribution in [3.63, 3.8) is 0 Å². The average molecular weight is 393 g/mol. The van der Waals surface area contributed by atoms with Crippen LogP contribution in [0, 0.1) is 11.3 Å².